The Hall–Kier alpha value is -3.14. The number of hydrogen-bond donors (Lipinski definition) is 2. The van der Waals surface area contributed by atoms with Crippen LogP contribution in [0.4, 0.5) is 10.5 Å². The van der Waals surface area contributed by atoms with Gasteiger partial charge in [-0.2, -0.15) is 0 Å². The number of aryl methyl sites for hydroxylation is 1. The average molecular weight is 446 g/mol. The molecule has 10 heteroatoms. The first-order chi connectivity index (χ1) is 15.4. The van der Waals surface area contributed by atoms with E-state index in [0.29, 0.717) is 51.6 Å². The summed E-state index contributed by atoms with van der Waals surface area (Å²) in [7, 11) is 0. The largest absolute Gasteiger partial charge is 0.450 e. The summed E-state index contributed by atoms with van der Waals surface area (Å²) >= 11 is 0. The van der Waals surface area contributed by atoms with Crippen LogP contribution in [0.5, 0.6) is 0 Å². The molecule has 32 heavy (non-hydrogen) atoms. The predicted octanol–water partition coefficient (Wildman–Crippen LogP) is 0.425. The van der Waals surface area contributed by atoms with Crippen molar-refractivity contribution in [2.24, 2.45) is 0 Å². The Morgan fingerprint density at radius 1 is 1.12 bits per heavy atom. The number of amides is 4. The van der Waals surface area contributed by atoms with Crippen molar-refractivity contribution >= 4 is 29.5 Å². The topological polar surface area (TPSA) is 111 Å². The second kappa shape index (κ2) is 10.9. The third-order valence-electron chi connectivity index (χ3n) is 5.71. The van der Waals surface area contributed by atoms with Gasteiger partial charge in [-0.1, -0.05) is 18.2 Å². The Labute approximate surface area is 187 Å². The molecule has 174 valence electrons. The monoisotopic (exact) mass is 445 g/mol. The molecule has 0 aromatic heterocycles. The van der Waals surface area contributed by atoms with Crippen LogP contribution in [-0.2, 0) is 19.1 Å². The minimum atomic E-state index is -0.846. The summed E-state index contributed by atoms with van der Waals surface area (Å²) in [5, 5.41) is 5.57. The molecule has 1 unspecified atom stereocenters. The lowest BCUT2D eigenvalue weighted by Gasteiger charge is -2.38. The highest BCUT2D eigenvalue weighted by atomic mass is 16.6. The maximum absolute atomic E-state index is 13.0. The van der Waals surface area contributed by atoms with Crippen molar-refractivity contribution in [1.29, 1.82) is 0 Å². The van der Waals surface area contributed by atoms with E-state index < -0.39 is 6.04 Å². The fourth-order valence-corrected chi connectivity index (χ4v) is 3.89. The van der Waals surface area contributed by atoms with Crippen molar-refractivity contribution in [3.05, 3.63) is 29.8 Å². The average Bonchev–Trinajstić information content (AvgIpc) is 2.77. The van der Waals surface area contributed by atoms with Gasteiger partial charge >= 0.3 is 6.09 Å². The number of para-hydroxylation sites is 1. The second-order valence-electron chi connectivity index (χ2n) is 7.92. The Bertz CT molecular complexity index is 853. The fourth-order valence-electron chi connectivity index (χ4n) is 3.89. The number of carbonyl (C=O) groups is 4. The molecule has 0 saturated carbocycles. The number of nitrogens with zero attached hydrogens (tertiary/aromatic N) is 3. The standard InChI is InChI=1S/C22H31N5O5/c1-3-32-22(31)26-12-10-25(11-13-26)15-20(29)27-9-8-23-21(30)18(27)14-19(28)24-17-7-5-4-6-16(17)2/h4-7,18H,3,8-15H2,1-2H3,(H,23,30)(H,24,28). The predicted molar refractivity (Wildman–Crippen MR) is 118 cm³/mol. The van der Waals surface area contributed by atoms with Gasteiger partial charge in [0, 0.05) is 45.0 Å². The Balaban J connectivity index is 1.56. The van der Waals surface area contributed by atoms with Gasteiger partial charge in [0.1, 0.15) is 6.04 Å². The lowest BCUT2D eigenvalue weighted by Crippen LogP contribution is -2.60. The minimum absolute atomic E-state index is 0.109. The first kappa shape index (κ1) is 23.5. The van der Waals surface area contributed by atoms with Crippen molar-refractivity contribution in [2.45, 2.75) is 26.3 Å². The number of piperazine rings is 2. The molecule has 4 amide bonds. The molecule has 0 spiro atoms. The molecule has 2 aliphatic rings. The van der Waals surface area contributed by atoms with E-state index in [1.54, 1.807) is 17.9 Å². The number of carbonyl (C=O) groups excluding carboxylic acids is 4. The van der Waals surface area contributed by atoms with Crippen LogP contribution in [-0.4, -0.2) is 97.0 Å². The molecular formula is C22H31N5O5. The third kappa shape index (κ3) is 5.97. The second-order valence-corrected chi connectivity index (χ2v) is 7.92. The highest BCUT2D eigenvalue weighted by Crippen LogP contribution is 2.16. The Morgan fingerprint density at radius 2 is 1.84 bits per heavy atom. The first-order valence-electron chi connectivity index (χ1n) is 11.0. The van der Waals surface area contributed by atoms with E-state index in [1.165, 1.54) is 4.90 Å². The summed E-state index contributed by atoms with van der Waals surface area (Å²) in [5.41, 5.74) is 1.61. The number of anilines is 1. The summed E-state index contributed by atoms with van der Waals surface area (Å²) in [5.74, 6) is -0.836. The molecule has 10 nitrogen and oxygen atoms in total. The van der Waals surface area contributed by atoms with E-state index in [9.17, 15) is 19.2 Å². The van der Waals surface area contributed by atoms with Crippen molar-refractivity contribution in [3.63, 3.8) is 0 Å². The molecule has 0 bridgehead atoms. The van der Waals surface area contributed by atoms with Crippen LogP contribution in [0, 0.1) is 6.92 Å². The van der Waals surface area contributed by atoms with Gasteiger partial charge in [-0.3, -0.25) is 19.3 Å². The van der Waals surface area contributed by atoms with E-state index >= 15 is 0 Å². The Morgan fingerprint density at radius 3 is 2.53 bits per heavy atom. The van der Waals surface area contributed by atoms with Crippen LogP contribution in [0.15, 0.2) is 24.3 Å². The molecule has 0 radical (unpaired) electrons. The molecule has 2 fully saturated rings. The van der Waals surface area contributed by atoms with Crippen molar-refractivity contribution in [1.82, 2.24) is 20.0 Å². The molecule has 2 heterocycles. The fraction of sp³-hybridized carbons (Fsp3) is 0.545. The summed E-state index contributed by atoms with van der Waals surface area (Å²) < 4.78 is 5.02. The SMILES string of the molecule is CCOC(=O)N1CCN(CC(=O)N2CCNC(=O)C2CC(=O)Nc2ccccc2C)CC1. The quantitative estimate of drug-likeness (QED) is 0.657. The zero-order chi connectivity index (χ0) is 23.1. The van der Waals surface area contributed by atoms with Gasteiger partial charge in [0.05, 0.1) is 19.6 Å². The Kier molecular flexibility index (Phi) is 8.04. The molecule has 1 atom stereocenters. The normalized spacial score (nSPS) is 19.3. The molecule has 0 aliphatic carbocycles. The van der Waals surface area contributed by atoms with Crippen LogP contribution < -0.4 is 10.6 Å². The van der Waals surface area contributed by atoms with E-state index in [2.05, 4.69) is 10.6 Å². The third-order valence-corrected chi connectivity index (χ3v) is 5.71. The van der Waals surface area contributed by atoms with Gasteiger partial charge in [0.2, 0.25) is 17.7 Å². The molecule has 1 aromatic rings. The summed E-state index contributed by atoms with van der Waals surface area (Å²) in [6.45, 7) is 6.88. The van der Waals surface area contributed by atoms with Crippen molar-refractivity contribution in [2.75, 3.05) is 57.7 Å². The number of hydrogen-bond acceptors (Lipinski definition) is 6. The maximum Gasteiger partial charge on any atom is 0.409 e. The summed E-state index contributed by atoms with van der Waals surface area (Å²) in [6.07, 6.45) is -0.450. The zero-order valence-corrected chi connectivity index (χ0v) is 18.6. The first-order valence-corrected chi connectivity index (χ1v) is 11.0. The van der Waals surface area contributed by atoms with Crippen LogP contribution >= 0.6 is 0 Å². The van der Waals surface area contributed by atoms with E-state index in [4.69, 9.17) is 4.74 Å². The molecule has 2 saturated heterocycles. The van der Waals surface area contributed by atoms with Crippen molar-refractivity contribution < 1.29 is 23.9 Å². The van der Waals surface area contributed by atoms with Gasteiger partial charge in [0.15, 0.2) is 0 Å². The van der Waals surface area contributed by atoms with Crippen molar-refractivity contribution in [3.8, 4) is 0 Å². The van der Waals surface area contributed by atoms with Gasteiger partial charge in [-0.05, 0) is 25.5 Å². The van der Waals surface area contributed by atoms with E-state index in [1.807, 2.05) is 30.0 Å². The summed E-state index contributed by atoms with van der Waals surface area (Å²) in [4.78, 5) is 55.0. The van der Waals surface area contributed by atoms with Crippen LogP contribution in [0.2, 0.25) is 0 Å². The van der Waals surface area contributed by atoms with Gasteiger partial charge in [-0.15, -0.1) is 0 Å². The van der Waals surface area contributed by atoms with Crippen LogP contribution in [0.25, 0.3) is 0 Å². The molecule has 3 rings (SSSR count). The minimum Gasteiger partial charge on any atom is -0.450 e. The van der Waals surface area contributed by atoms with E-state index in [0.717, 1.165) is 5.56 Å². The number of ether oxygens (including phenoxy) is 1. The van der Waals surface area contributed by atoms with Crippen LogP contribution in [0.1, 0.15) is 18.9 Å². The van der Waals surface area contributed by atoms with Gasteiger partial charge < -0.3 is 25.2 Å². The molecular weight excluding hydrogens is 414 g/mol. The molecule has 1 aromatic carbocycles. The van der Waals surface area contributed by atoms with E-state index in [-0.39, 0.29) is 36.8 Å². The molecule has 2 N–H and O–H groups in total. The van der Waals surface area contributed by atoms with Gasteiger partial charge in [0.25, 0.3) is 0 Å². The van der Waals surface area contributed by atoms with Gasteiger partial charge in [-0.25, -0.2) is 4.79 Å². The summed E-state index contributed by atoms with van der Waals surface area (Å²) in [6, 6.07) is 6.55. The highest BCUT2D eigenvalue weighted by molar-refractivity contribution is 5.98. The lowest BCUT2D eigenvalue weighted by molar-refractivity contribution is -0.145. The molecule has 2 aliphatic heterocycles. The highest BCUT2D eigenvalue weighted by Gasteiger charge is 2.35. The lowest BCUT2D eigenvalue weighted by atomic mass is 10.1. The smallest absolute Gasteiger partial charge is 0.409 e. The number of rotatable bonds is 6. The number of nitrogens with one attached hydrogen (secondary N) is 2. The zero-order valence-electron chi connectivity index (χ0n) is 18.6. The number of benzene rings is 1. The van der Waals surface area contributed by atoms with Crippen LogP contribution in [0.3, 0.4) is 0 Å². The maximum atomic E-state index is 13.0.